The first-order valence-corrected chi connectivity index (χ1v) is 3.00. The highest BCUT2D eigenvalue weighted by Crippen LogP contribution is 1.78. The van der Waals surface area contributed by atoms with Crippen molar-refractivity contribution in [3.63, 3.8) is 0 Å². The molecule has 1 amide bonds. The number of rotatable bonds is 2. The van der Waals surface area contributed by atoms with E-state index in [9.17, 15) is 9.59 Å². The van der Waals surface area contributed by atoms with E-state index in [0.29, 0.717) is 5.57 Å². The molecule has 0 aliphatic carbocycles. The Kier molecular flexibility index (Phi) is 7.54. The molecule has 0 heterocycles. The molecule has 0 saturated heterocycles. The lowest BCUT2D eigenvalue weighted by molar-refractivity contribution is -0.114. The summed E-state index contributed by atoms with van der Waals surface area (Å²) in [5.74, 6) is -0.417. The summed E-state index contributed by atoms with van der Waals surface area (Å²) < 4.78 is 0. The summed E-state index contributed by atoms with van der Waals surface area (Å²) in [4.78, 5) is 19.5. The van der Waals surface area contributed by atoms with Crippen LogP contribution in [0.1, 0.15) is 13.8 Å². The van der Waals surface area contributed by atoms with Crippen molar-refractivity contribution < 1.29 is 9.59 Å². The normalized spacial score (nSPS) is 7.09. The molecule has 11 heavy (non-hydrogen) atoms. The Balaban J connectivity index is 0. The minimum atomic E-state index is -0.435. The van der Waals surface area contributed by atoms with E-state index in [-0.39, 0.29) is 5.78 Å². The van der Waals surface area contributed by atoms with Crippen LogP contribution in [0.25, 0.3) is 0 Å². The molecule has 0 rings (SSSR count). The Morgan fingerprint density at radius 1 is 1.36 bits per heavy atom. The third kappa shape index (κ3) is 17.7. The lowest BCUT2D eigenvalue weighted by Gasteiger charge is -1.81. The van der Waals surface area contributed by atoms with E-state index < -0.39 is 5.91 Å². The van der Waals surface area contributed by atoms with Gasteiger partial charge in [-0.05, 0) is 19.9 Å². The van der Waals surface area contributed by atoms with Crippen molar-refractivity contribution >= 4 is 11.7 Å². The van der Waals surface area contributed by atoms with Crippen LogP contribution in [0, 0.1) is 0 Å². The predicted molar refractivity (Wildman–Crippen MR) is 44.9 cm³/mol. The number of nitrogens with two attached hydrogens (primary N) is 1. The predicted octanol–water partition coefficient (Wildman–Crippen LogP) is 0.809. The zero-order valence-corrected chi connectivity index (χ0v) is 6.89. The van der Waals surface area contributed by atoms with Crippen LogP contribution < -0.4 is 5.73 Å². The van der Waals surface area contributed by atoms with E-state index in [0.717, 1.165) is 0 Å². The second-order valence-corrected chi connectivity index (χ2v) is 1.96. The second-order valence-electron chi connectivity index (χ2n) is 1.96. The van der Waals surface area contributed by atoms with Gasteiger partial charge >= 0.3 is 0 Å². The first-order chi connectivity index (χ1) is 4.91. The van der Waals surface area contributed by atoms with Gasteiger partial charge in [0.05, 0.1) is 0 Å². The first kappa shape index (κ1) is 12.3. The quantitative estimate of drug-likeness (QED) is 0.600. The highest BCUT2D eigenvalue weighted by Gasteiger charge is 1.86. The van der Waals surface area contributed by atoms with Crippen molar-refractivity contribution in [2.45, 2.75) is 13.8 Å². The number of carbonyl (C=O) groups is 2. The van der Waals surface area contributed by atoms with Gasteiger partial charge in [-0.25, -0.2) is 0 Å². The highest BCUT2D eigenvalue weighted by atomic mass is 16.1. The van der Waals surface area contributed by atoms with Crippen molar-refractivity contribution in [2.75, 3.05) is 0 Å². The number of allylic oxidation sites excluding steroid dienone is 1. The van der Waals surface area contributed by atoms with Gasteiger partial charge in [-0.3, -0.25) is 9.59 Å². The van der Waals surface area contributed by atoms with Gasteiger partial charge in [-0.1, -0.05) is 13.2 Å². The minimum absolute atomic E-state index is 0.0185. The van der Waals surface area contributed by atoms with Crippen molar-refractivity contribution in [3.8, 4) is 0 Å². The number of hydrogen-bond donors (Lipinski definition) is 1. The summed E-state index contributed by atoms with van der Waals surface area (Å²) in [6.45, 7) is 9.53. The Bertz CT molecular complexity index is 171. The SMILES string of the molecule is C=C(C)C(N)=O.C=CC(C)=O. The maximum atomic E-state index is 9.82. The monoisotopic (exact) mass is 155 g/mol. The van der Waals surface area contributed by atoms with Crippen LogP contribution in [0.5, 0.6) is 0 Å². The molecular weight excluding hydrogens is 142 g/mol. The fourth-order valence-electron chi connectivity index (χ4n) is 0. The lowest BCUT2D eigenvalue weighted by Crippen LogP contribution is -2.10. The molecule has 0 saturated carbocycles. The van der Waals surface area contributed by atoms with Crippen LogP contribution >= 0.6 is 0 Å². The molecule has 0 aliphatic heterocycles. The fourth-order valence-corrected chi connectivity index (χ4v) is 0. The molecule has 3 heteroatoms. The number of amides is 1. The summed E-state index contributed by atoms with van der Waals surface area (Å²) in [7, 11) is 0. The zero-order chi connectivity index (χ0) is 9.44. The molecule has 0 radical (unpaired) electrons. The van der Waals surface area contributed by atoms with Gasteiger partial charge in [0.25, 0.3) is 0 Å². The smallest absolute Gasteiger partial charge is 0.243 e. The number of primary amides is 1. The van der Waals surface area contributed by atoms with Crippen LogP contribution in [0.4, 0.5) is 0 Å². The van der Waals surface area contributed by atoms with E-state index in [1.165, 1.54) is 13.0 Å². The van der Waals surface area contributed by atoms with Crippen LogP contribution in [-0.4, -0.2) is 11.7 Å². The maximum absolute atomic E-state index is 9.82. The molecule has 0 aromatic heterocycles. The van der Waals surface area contributed by atoms with Crippen LogP contribution in [0.15, 0.2) is 24.8 Å². The molecule has 0 spiro atoms. The van der Waals surface area contributed by atoms with Gasteiger partial charge in [0.1, 0.15) is 0 Å². The molecule has 0 bridgehead atoms. The van der Waals surface area contributed by atoms with Gasteiger partial charge in [-0.15, -0.1) is 0 Å². The second kappa shape index (κ2) is 6.74. The van der Waals surface area contributed by atoms with Crippen molar-refractivity contribution in [1.82, 2.24) is 0 Å². The van der Waals surface area contributed by atoms with E-state index in [4.69, 9.17) is 5.73 Å². The number of carbonyl (C=O) groups excluding carboxylic acids is 2. The Hall–Kier alpha value is -1.38. The van der Waals surface area contributed by atoms with Gasteiger partial charge in [0.2, 0.25) is 5.91 Å². The molecule has 0 atom stereocenters. The summed E-state index contributed by atoms with van der Waals surface area (Å²) >= 11 is 0. The number of ketones is 1. The van der Waals surface area contributed by atoms with E-state index in [1.54, 1.807) is 6.92 Å². The van der Waals surface area contributed by atoms with E-state index in [1.807, 2.05) is 0 Å². The zero-order valence-electron chi connectivity index (χ0n) is 6.89. The standard InChI is InChI=1S/C4H7NO.C4H6O/c1-3(2)4(5)6;1-3-4(2)5/h1H2,2H3,(H2,5,6);3H,1H2,2H3. The minimum Gasteiger partial charge on any atom is -0.366 e. The van der Waals surface area contributed by atoms with Crippen molar-refractivity contribution in [3.05, 3.63) is 24.8 Å². The molecule has 2 N–H and O–H groups in total. The van der Waals surface area contributed by atoms with Crippen LogP contribution in [-0.2, 0) is 9.59 Å². The van der Waals surface area contributed by atoms with Gasteiger partial charge < -0.3 is 5.73 Å². The van der Waals surface area contributed by atoms with Gasteiger partial charge in [0, 0.05) is 5.57 Å². The highest BCUT2D eigenvalue weighted by molar-refractivity contribution is 5.90. The Morgan fingerprint density at radius 3 is 1.55 bits per heavy atom. The summed E-state index contributed by atoms with van der Waals surface area (Å²) in [5.41, 5.74) is 5.09. The average Bonchev–Trinajstić information content (AvgIpc) is 1.89. The maximum Gasteiger partial charge on any atom is 0.243 e. The number of hydrogen-bond acceptors (Lipinski definition) is 2. The molecule has 3 nitrogen and oxygen atoms in total. The largest absolute Gasteiger partial charge is 0.366 e. The molecule has 0 aromatic carbocycles. The molecule has 0 fully saturated rings. The third-order valence-electron chi connectivity index (χ3n) is 0.708. The van der Waals surface area contributed by atoms with Crippen LogP contribution in [0.3, 0.4) is 0 Å². The van der Waals surface area contributed by atoms with E-state index >= 15 is 0 Å². The summed E-state index contributed by atoms with van der Waals surface area (Å²) in [6, 6.07) is 0. The lowest BCUT2D eigenvalue weighted by atomic mass is 10.3. The molecular formula is C8H13NO2. The fraction of sp³-hybridized carbons (Fsp3) is 0.250. The topological polar surface area (TPSA) is 60.2 Å². The van der Waals surface area contributed by atoms with Crippen molar-refractivity contribution in [1.29, 1.82) is 0 Å². The Morgan fingerprint density at radius 2 is 1.55 bits per heavy atom. The van der Waals surface area contributed by atoms with Gasteiger partial charge in [-0.2, -0.15) is 0 Å². The van der Waals surface area contributed by atoms with Crippen molar-refractivity contribution in [2.24, 2.45) is 5.73 Å². The van der Waals surface area contributed by atoms with Crippen LogP contribution in [0.2, 0.25) is 0 Å². The van der Waals surface area contributed by atoms with Gasteiger partial charge in [0.15, 0.2) is 5.78 Å². The molecule has 0 aliphatic rings. The molecule has 0 aromatic rings. The van der Waals surface area contributed by atoms with E-state index in [2.05, 4.69) is 13.2 Å². The summed E-state index contributed by atoms with van der Waals surface area (Å²) in [6.07, 6.45) is 1.28. The molecule has 62 valence electrons. The Labute approximate surface area is 66.6 Å². The molecule has 0 unspecified atom stereocenters. The average molecular weight is 155 g/mol. The first-order valence-electron chi connectivity index (χ1n) is 3.00. The third-order valence-corrected chi connectivity index (χ3v) is 0.708. The summed E-state index contributed by atoms with van der Waals surface area (Å²) in [5, 5.41) is 0.